The van der Waals surface area contributed by atoms with Crippen molar-refractivity contribution in [2.24, 2.45) is 0 Å². The van der Waals surface area contributed by atoms with Crippen LogP contribution in [0.2, 0.25) is 0 Å². The number of benzene rings is 1. The number of phenols is 1. The predicted octanol–water partition coefficient (Wildman–Crippen LogP) is 3.86. The fourth-order valence-electron chi connectivity index (χ4n) is 0.867. The fraction of sp³-hybridized carbons (Fsp3) is 0.125. The second-order valence-electron chi connectivity index (χ2n) is 2.56. The Balaban J connectivity index is 3.18. The van der Waals surface area contributed by atoms with Crippen LogP contribution >= 0.6 is 59.4 Å². The normalized spacial score (nSPS) is 10.1. The number of phenolic OH excluding ortho intramolecular Hbond substituents is 1. The summed E-state index contributed by atoms with van der Waals surface area (Å²) in [6.45, 7) is 0. The molecular weight excluding hydrogens is 417 g/mol. The first-order chi connectivity index (χ1) is 6.97. The van der Waals surface area contributed by atoms with Gasteiger partial charge in [0.1, 0.15) is 11.6 Å². The van der Waals surface area contributed by atoms with Gasteiger partial charge >= 0.3 is 0 Å². The van der Waals surface area contributed by atoms with Gasteiger partial charge in [0, 0.05) is 4.47 Å². The highest BCUT2D eigenvalue weighted by molar-refractivity contribution is 9.11. The molecule has 7 heteroatoms. The van der Waals surface area contributed by atoms with E-state index in [1.807, 2.05) is 0 Å². The quantitative estimate of drug-likeness (QED) is 0.712. The molecule has 0 aliphatic rings. The Bertz CT molecular complexity index is 411. The Hall–Kier alpha value is 0.220. The zero-order chi connectivity index (χ0) is 11.6. The van der Waals surface area contributed by atoms with Crippen molar-refractivity contribution in [2.45, 2.75) is 0 Å². The van der Waals surface area contributed by atoms with Crippen LogP contribution in [0.5, 0.6) is 5.75 Å². The number of hydrogen-bond donors (Lipinski definition) is 2. The van der Waals surface area contributed by atoms with Crippen LogP contribution in [-0.2, 0) is 4.79 Å². The first-order valence-corrected chi connectivity index (χ1v) is 6.61. The smallest absolute Gasteiger partial charge is 0.239 e. The molecule has 3 nitrogen and oxygen atoms in total. The monoisotopic (exact) mass is 419 g/mol. The van der Waals surface area contributed by atoms with Crippen molar-refractivity contribution in [2.75, 3.05) is 11.2 Å². The van der Waals surface area contributed by atoms with E-state index in [1.165, 1.54) is 0 Å². The number of nitrogens with one attached hydrogen (secondary N) is 1. The highest BCUT2D eigenvalue weighted by Gasteiger charge is 2.14. The van der Waals surface area contributed by atoms with E-state index in [2.05, 4.69) is 53.1 Å². The molecule has 15 heavy (non-hydrogen) atoms. The van der Waals surface area contributed by atoms with Crippen molar-refractivity contribution >= 4 is 71.0 Å². The molecule has 2 N–H and O–H groups in total. The van der Waals surface area contributed by atoms with Gasteiger partial charge in [0.05, 0.1) is 14.6 Å². The van der Waals surface area contributed by atoms with E-state index >= 15 is 0 Å². The summed E-state index contributed by atoms with van der Waals surface area (Å²) >= 11 is 15.0. The number of amides is 1. The van der Waals surface area contributed by atoms with Gasteiger partial charge in [-0.15, -0.1) is 11.6 Å². The molecule has 82 valence electrons. The van der Waals surface area contributed by atoms with Gasteiger partial charge in [-0.1, -0.05) is 0 Å². The van der Waals surface area contributed by atoms with Crippen molar-refractivity contribution in [3.05, 3.63) is 19.5 Å². The maximum atomic E-state index is 11.1. The van der Waals surface area contributed by atoms with E-state index in [9.17, 15) is 9.90 Å². The molecule has 0 fully saturated rings. The molecule has 0 bridgehead atoms. The maximum absolute atomic E-state index is 11.1. The molecule has 1 amide bonds. The standard InChI is InChI=1S/C8H5Br3ClNO2/c9-3-1-4(10)8(15)6(11)7(3)13-5(14)2-12/h1,15H,2H2,(H,13,14). The molecule has 1 rings (SSSR count). The lowest BCUT2D eigenvalue weighted by molar-refractivity contribution is -0.113. The number of carbonyl (C=O) groups excluding carboxylic acids is 1. The number of halogens is 4. The lowest BCUT2D eigenvalue weighted by Crippen LogP contribution is -2.13. The van der Waals surface area contributed by atoms with Gasteiger partial charge in [0.25, 0.3) is 0 Å². The van der Waals surface area contributed by atoms with Crippen molar-refractivity contribution in [1.29, 1.82) is 0 Å². The molecule has 0 saturated heterocycles. The van der Waals surface area contributed by atoms with Crippen LogP contribution in [0.15, 0.2) is 19.5 Å². The minimum absolute atomic E-state index is 0.0167. The second-order valence-corrected chi connectivity index (χ2v) is 5.33. The van der Waals surface area contributed by atoms with Gasteiger partial charge in [0.2, 0.25) is 5.91 Å². The summed E-state index contributed by atoms with van der Waals surface area (Å²) in [5.41, 5.74) is 0.446. The first kappa shape index (κ1) is 13.3. The van der Waals surface area contributed by atoms with Crippen LogP contribution in [0.3, 0.4) is 0 Å². The summed E-state index contributed by atoms with van der Waals surface area (Å²) in [6, 6.07) is 1.63. The third kappa shape index (κ3) is 3.09. The fourth-order valence-corrected chi connectivity index (χ4v) is 3.25. The number of aromatic hydroxyl groups is 1. The molecule has 0 unspecified atom stereocenters. The van der Waals surface area contributed by atoms with E-state index in [1.54, 1.807) is 6.07 Å². The molecule has 1 aromatic carbocycles. The van der Waals surface area contributed by atoms with E-state index in [4.69, 9.17) is 11.6 Å². The van der Waals surface area contributed by atoms with Gasteiger partial charge < -0.3 is 10.4 Å². The van der Waals surface area contributed by atoms with Gasteiger partial charge in [-0.3, -0.25) is 4.79 Å². The van der Waals surface area contributed by atoms with Crippen molar-refractivity contribution < 1.29 is 9.90 Å². The van der Waals surface area contributed by atoms with E-state index < -0.39 is 0 Å². The van der Waals surface area contributed by atoms with Crippen LogP contribution in [0.1, 0.15) is 0 Å². The Labute approximate surface area is 117 Å². The average Bonchev–Trinajstić information content (AvgIpc) is 2.21. The number of hydrogen-bond acceptors (Lipinski definition) is 2. The molecule has 0 aliphatic heterocycles. The first-order valence-electron chi connectivity index (χ1n) is 3.69. The lowest BCUT2D eigenvalue weighted by Gasteiger charge is -2.11. The summed E-state index contributed by atoms with van der Waals surface area (Å²) in [4.78, 5) is 11.1. The second kappa shape index (κ2) is 5.52. The summed E-state index contributed by atoms with van der Waals surface area (Å²) in [7, 11) is 0. The highest BCUT2D eigenvalue weighted by Crippen LogP contribution is 2.42. The van der Waals surface area contributed by atoms with Gasteiger partial charge in [0.15, 0.2) is 0 Å². The Kier molecular flexibility index (Phi) is 4.89. The minimum Gasteiger partial charge on any atom is -0.505 e. The van der Waals surface area contributed by atoms with E-state index in [0.29, 0.717) is 19.1 Å². The zero-order valence-electron chi connectivity index (χ0n) is 7.15. The lowest BCUT2D eigenvalue weighted by atomic mass is 10.3. The largest absolute Gasteiger partial charge is 0.505 e. The zero-order valence-corrected chi connectivity index (χ0v) is 12.7. The van der Waals surface area contributed by atoms with Gasteiger partial charge in [-0.25, -0.2) is 0 Å². The Morgan fingerprint density at radius 1 is 1.40 bits per heavy atom. The van der Waals surface area contributed by atoms with Crippen LogP contribution in [0, 0.1) is 0 Å². The molecular formula is C8H5Br3ClNO2. The highest BCUT2D eigenvalue weighted by atomic mass is 79.9. The van der Waals surface area contributed by atoms with Crippen LogP contribution in [0.4, 0.5) is 5.69 Å². The van der Waals surface area contributed by atoms with Crippen LogP contribution in [-0.4, -0.2) is 16.9 Å². The topological polar surface area (TPSA) is 49.3 Å². The number of alkyl halides is 1. The van der Waals surface area contributed by atoms with Crippen molar-refractivity contribution in [3.8, 4) is 5.75 Å². The maximum Gasteiger partial charge on any atom is 0.239 e. The summed E-state index contributed by atoms with van der Waals surface area (Å²) in [5, 5.41) is 12.1. The molecule has 0 spiro atoms. The summed E-state index contributed by atoms with van der Waals surface area (Å²) in [6.07, 6.45) is 0. The predicted molar refractivity (Wildman–Crippen MR) is 70.6 cm³/mol. The van der Waals surface area contributed by atoms with Crippen molar-refractivity contribution in [3.63, 3.8) is 0 Å². The molecule has 1 aromatic rings. The minimum atomic E-state index is -0.347. The Morgan fingerprint density at radius 2 is 2.00 bits per heavy atom. The number of carbonyl (C=O) groups is 1. The number of anilines is 1. The van der Waals surface area contributed by atoms with E-state index in [-0.39, 0.29) is 17.5 Å². The molecule has 0 saturated carbocycles. The summed E-state index contributed by atoms with van der Waals surface area (Å²) < 4.78 is 1.55. The van der Waals surface area contributed by atoms with Crippen LogP contribution < -0.4 is 5.32 Å². The molecule has 0 aromatic heterocycles. The SMILES string of the molecule is O=C(CCl)Nc1c(Br)cc(Br)c(O)c1Br. The number of rotatable bonds is 2. The molecule has 0 atom stereocenters. The van der Waals surface area contributed by atoms with E-state index in [0.717, 1.165) is 0 Å². The third-order valence-electron chi connectivity index (χ3n) is 1.53. The molecule has 0 aliphatic carbocycles. The Morgan fingerprint density at radius 3 is 2.53 bits per heavy atom. The third-order valence-corrected chi connectivity index (χ3v) is 3.78. The molecule has 0 heterocycles. The average molecular weight is 422 g/mol. The molecule has 0 radical (unpaired) electrons. The van der Waals surface area contributed by atoms with Gasteiger partial charge in [-0.2, -0.15) is 0 Å². The van der Waals surface area contributed by atoms with Gasteiger partial charge in [-0.05, 0) is 53.9 Å². The summed E-state index contributed by atoms with van der Waals surface area (Å²) in [5.74, 6) is -0.474. The van der Waals surface area contributed by atoms with Crippen LogP contribution in [0.25, 0.3) is 0 Å². The van der Waals surface area contributed by atoms with Crippen molar-refractivity contribution in [1.82, 2.24) is 0 Å².